The highest BCUT2D eigenvalue weighted by atomic mass is 32.2. The van der Waals surface area contributed by atoms with E-state index in [1.165, 1.54) is 43.0 Å². The second-order valence-electron chi connectivity index (χ2n) is 6.08. The molecule has 9 heteroatoms. The zero-order valence-corrected chi connectivity index (χ0v) is 17.5. The smallest absolute Gasteiger partial charge is 0.270 e. The summed E-state index contributed by atoms with van der Waals surface area (Å²) >= 11 is 1.25. The zero-order chi connectivity index (χ0) is 21.4. The maximum Gasteiger partial charge on any atom is 0.270 e. The molecule has 3 amide bonds. The molecule has 154 valence electrons. The fraction of sp³-hybridized carbons (Fsp3) is 0.250. The molecular formula is C20H23N3O5S. The minimum absolute atomic E-state index is 0.0644. The van der Waals surface area contributed by atoms with Crippen molar-refractivity contribution in [2.24, 2.45) is 0 Å². The van der Waals surface area contributed by atoms with Gasteiger partial charge < -0.3 is 14.4 Å². The molecule has 8 nitrogen and oxygen atoms in total. The Morgan fingerprint density at radius 3 is 2.10 bits per heavy atom. The molecule has 0 aromatic heterocycles. The van der Waals surface area contributed by atoms with Gasteiger partial charge in [-0.1, -0.05) is 12.1 Å². The van der Waals surface area contributed by atoms with Crippen molar-refractivity contribution in [2.75, 3.05) is 34.1 Å². The number of nitrogens with zero attached hydrogens (tertiary/aromatic N) is 1. The first-order valence-corrected chi connectivity index (χ1v) is 9.60. The van der Waals surface area contributed by atoms with Crippen LogP contribution in [0.4, 0.5) is 0 Å². The van der Waals surface area contributed by atoms with E-state index in [1.54, 1.807) is 44.4 Å². The van der Waals surface area contributed by atoms with Crippen LogP contribution < -0.4 is 20.3 Å². The fourth-order valence-corrected chi connectivity index (χ4v) is 3.27. The van der Waals surface area contributed by atoms with E-state index in [0.717, 1.165) is 0 Å². The number of nitrogens with one attached hydrogen (secondary N) is 2. The molecule has 0 saturated heterocycles. The van der Waals surface area contributed by atoms with E-state index in [0.29, 0.717) is 22.0 Å². The van der Waals surface area contributed by atoms with E-state index >= 15 is 0 Å². The lowest BCUT2D eigenvalue weighted by atomic mass is 10.2. The summed E-state index contributed by atoms with van der Waals surface area (Å²) in [6, 6.07) is 11.6. The van der Waals surface area contributed by atoms with Crippen LogP contribution >= 0.6 is 11.8 Å². The summed E-state index contributed by atoms with van der Waals surface area (Å²) in [6.45, 7) is 0. The van der Waals surface area contributed by atoms with Gasteiger partial charge in [-0.15, -0.1) is 11.8 Å². The lowest BCUT2D eigenvalue weighted by Crippen LogP contribution is -2.41. The number of amides is 3. The van der Waals surface area contributed by atoms with Crippen molar-refractivity contribution in [3.63, 3.8) is 0 Å². The number of thioether (sulfide) groups is 1. The van der Waals surface area contributed by atoms with Gasteiger partial charge in [-0.3, -0.25) is 25.2 Å². The number of hydrogen-bond acceptors (Lipinski definition) is 6. The van der Waals surface area contributed by atoms with Crippen LogP contribution in [0.2, 0.25) is 0 Å². The molecule has 2 aromatic rings. The Morgan fingerprint density at radius 2 is 1.52 bits per heavy atom. The number of ether oxygens (including phenoxy) is 2. The first kappa shape index (κ1) is 22.1. The maximum atomic E-state index is 12.5. The van der Waals surface area contributed by atoms with Crippen molar-refractivity contribution in [2.45, 2.75) is 4.90 Å². The number of rotatable bonds is 7. The average molecular weight is 417 g/mol. The van der Waals surface area contributed by atoms with Crippen molar-refractivity contribution in [1.82, 2.24) is 15.8 Å². The van der Waals surface area contributed by atoms with E-state index in [9.17, 15) is 14.4 Å². The molecule has 0 heterocycles. The van der Waals surface area contributed by atoms with Gasteiger partial charge in [0.05, 0.1) is 25.5 Å². The predicted octanol–water partition coefficient (Wildman–Crippen LogP) is 1.96. The number of carbonyl (C=O) groups excluding carboxylic acids is 3. The maximum absolute atomic E-state index is 12.5. The van der Waals surface area contributed by atoms with Crippen LogP contribution in [0.5, 0.6) is 11.5 Å². The molecule has 0 bridgehead atoms. The van der Waals surface area contributed by atoms with Gasteiger partial charge in [0.15, 0.2) is 0 Å². The summed E-state index contributed by atoms with van der Waals surface area (Å²) in [5.74, 6) is 0.0246. The van der Waals surface area contributed by atoms with Crippen molar-refractivity contribution in [3.8, 4) is 11.5 Å². The molecule has 0 aliphatic heterocycles. The average Bonchev–Trinajstić information content (AvgIpc) is 2.74. The Hall–Kier alpha value is -3.20. The third kappa shape index (κ3) is 6.15. The lowest BCUT2D eigenvalue weighted by Gasteiger charge is -2.13. The van der Waals surface area contributed by atoms with Gasteiger partial charge >= 0.3 is 0 Å². The van der Waals surface area contributed by atoms with E-state index < -0.39 is 11.8 Å². The minimum Gasteiger partial charge on any atom is -0.497 e. The molecule has 0 aliphatic rings. The molecule has 2 N–H and O–H groups in total. The Kier molecular flexibility index (Phi) is 7.90. The summed E-state index contributed by atoms with van der Waals surface area (Å²) in [7, 11) is 6.30. The highest BCUT2D eigenvalue weighted by Crippen LogP contribution is 2.23. The van der Waals surface area contributed by atoms with E-state index in [-0.39, 0.29) is 17.2 Å². The van der Waals surface area contributed by atoms with E-state index in [2.05, 4.69) is 10.9 Å². The normalized spacial score (nSPS) is 10.1. The largest absolute Gasteiger partial charge is 0.497 e. The quantitative estimate of drug-likeness (QED) is 0.528. The van der Waals surface area contributed by atoms with Crippen molar-refractivity contribution >= 4 is 29.5 Å². The highest BCUT2D eigenvalue weighted by molar-refractivity contribution is 8.00. The molecule has 0 unspecified atom stereocenters. The SMILES string of the molecule is COc1cc(OC)cc(C(=O)NNC(=O)c2ccccc2SCC(=O)N(C)C)c1. The van der Waals surface area contributed by atoms with Gasteiger partial charge in [0.25, 0.3) is 11.8 Å². The van der Waals surface area contributed by atoms with Gasteiger partial charge in [-0.2, -0.15) is 0 Å². The summed E-state index contributed by atoms with van der Waals surface area (Å²) in [5.41, 5.74) is 5.39. The van der Waals surface area contributed by atoms with Crippen molar-refractivity contribution in [3.05, 3.63) is 53.6 Å². The van der Waals surface area contributed by atoms with Crippen molar-refractivity contribution < 1.29 is 23.9 Å². The van der Waals surface area contributed by atoms with Crippen LogP contribution in [0.3, 0.4) is 0 Å². The van der Waals surface area contributed by atoms with Gasteiger partial charge in [0.2, 0.25) is 5.91 Å². The van der Waals surface area contributed by atoms with Gasteiger partial charge in [0.1, 0.15) is 11.5 Å². The van der Waals surface area contributed by atoms with Crippen LogP contribution in [0, 0.1) is 0 Å². The third-order valence-corrected chi connectivity index (χ3v) is 4.94. The summed E-state index contributed by atoms with van der Waals surface area (Å²) < 4.78 is 10.3. The standard InChI is InChI=1S/C20H23N3O5S/c1-23(2)18(24)12-29-17-8-6-5-7-16(17)20(26)22-21-19(25)13-9-14(27-3)11-15(10-13)28-4/h5-11H,12H2,1-4H3,(H,21,25)(H,22,26). The first-order chi connectivity index (χ1) is 13.8. The number of hydrogen-bond donors (Lipinski definition) is 2. The topological polar surface area (TPSA) is 97.0 Å². The second kappa shape index (κ2) is 10.4. The lowest BCUT2D eigenvalue weighted by molar-refractivity contribution is -0.125. The summed E-state index contributed by atoms with van der Waals surface area (Å²) in [6.07, 6.45) is 0. The number of hydrazine groups is 1. The van der Waals surface area contributed by atoms with Crippen LogP contribution in [-0.2, 0) is 4.79 Å². The Labute approximate surface area is 173 Å². The number of methoxy groups -OCH3 is 2. The number of benzene rings is 2. The minimum atomic E-state index is -0.525. The molecule has 29 heavy (non-hydrogen) atoms. The summed E-state index contributed by atoms with van der Waals surface area (Å²) in [4.78, 5) is 38.9. The molecule has 0 spiro atoms. The zero-order valence-electron chi connectivity index (χ0n) is 16.6. The van der Waals surface area contributed by atoms with Gasteiger partial charge in [0, 0.05) is 30.6 Å². The Morgan fingerprint density at radius 1 is 0.931 bits per heavy atom. The predicted molar refractivity (Wildman–Crippen MR) is 110 cm³/mol. The van der Waals surface area contributed by atoms with Crippen LogP contribution in [-0.4, -0.2) is 56.7 Å². The van der Waals surface area contributed by atoms with Gasteiger partial charge in [-0.25, -0.2) is 0 Å². The molecule has 2 rings (SSSR count). The Balaban J connectivity index is 2.06. The van der Waals surface area contributed by atoms with E-state index in [4.69, 9.17) is 9.47 Å². The van der Waals surface area contributed by atoms with Crippen LogP contribution in [0.15, 0.2) is 47.4 Å². The van der Waals surface area contributed by atoms with Crippen LogP contribution in [0.1, 0.15) is 20.7 Å². The third-order valence-electron chi connectivity index (χ3n) is 3.88. The monoisotopic (exact) mass is 417 g/mol. The number of carbonyl (C=O) groups is 3. The van der Waals surface area contributed by atoms with Crippen LogP contribution in [0.25, 0.3) is 0 Å². The van der Waals surface area contributed by atoms with E-state index in [1.807, 2.05) is 0 Å². The summed E-state index contributed by atoms with van der Waals surface area (Å²) in [5, 5.41) is 0. The van der Waals surface area contributed by atoms with Crippen molar-refractivity contribution in [1.29, 1.82) is 0 Å². The van der Waals surface area contributed by atoms with Gasteiger partial charge in [-0.05, 0) is 24.3 Å². The molecule has 0 saturated carbocycles. The Bertz CT molecular complexity index is 879. The highest BCUT2D eigenvalue weighted by Gasteiger charge is 2.15. The molecule has 0 aliphatic carbocycles. The first-order valence-electron chi connectivity index (χ1n) is 8.61. The second-order valence-corrected chi connectivity index (χ2v) is 7.10. The molecular weight excluding hydrogens is 394 g/mol. The molecule has 0 fully saturated rings. The molecule has 2 aromatic carbocycles. The fourth-order valence-electron chi connectivity index (χ4n) is 2.24. The molecule has 0 atom stereocenters. The molecule has 0 radical (unpaired) electrons.